The quantitative estimate of drug-likeness (QED) is 0.756. The number of nitrogens with zero attached hydrogens (tertiary/aromatic N) is 1. The molecule has 0 aromatic heterocycles. The van der Waals surface area contributed by atoms with Gasteiger partial charge in [-0.15, -0.1) is 0 Å². The monoisotopic (exact) mass is 202 g/mol. The summed E-state index contributed by atoms with van der Waals surface area (Å²) in [5, 5.41) is 0. The van der Waals surface area contributed by atoms with Crippen LogP contribution < -0.4 is 5.73 Å². The third-order valence-electron chi connectivity index (χ3n) is 1.63. The standard InChI is InChI=1S/C10H22N2O2/c1-8(11)6-7-12(5)9(13)14-10(2,3)4/h8H,6-7,11H2,1-5H3. The van der Waals surface area contributed by atoms with Gasteiger partial charge in [0.15, 0.2) is 0 Å². The second-order valence-corrected chi connectivity index (χ2v) is 4.67. The molecule has 0 rings (SSSR count). The summed E-state index contributed by atoms with van der Waals surface area (Å²) in [7, 11) is 1.72. The van der Waals surface area contributed by atoms with Crippen molar-refractivity contribution >= 4 is 6.09 Å². The van der Waals surface area contributed by atoms with E-state index in [1.54, 1.807) is 11.9 Å². The van der Waals surface area contributed by atoms with Gasteiger partial charge in [0.2, 0.25) is 0 Å². The van der Waals surface area contributed by atoms with Gasteiger partial charge in [-0.25, -0.2) is 4.79 Å². The van der Waals surface area contributed by atoms with Crippen LogP contribution in [0.4, 0.5) is 4.79 Å². The Morgan fingerprint density at radius 3 is 2.36 bits per heavy atom. The Hall–Kier alpha value is -0.770. The van der Waals surface area contributed by atoms with E-state index in [1.165, 1.54) is 0 Å². The minimum absolute atomic E-state index is 0.111. The Kier molecular flexibility index (Phi) is 4.91. The highest BCUT2D eigenvalue weighted by Crippen LogP contribution is 2.09. The molecule has 4 heteroatoms. The van der Waals surface area contributed by atoms with Gasteiger partial charge < -0.3 is 15.4 Å². The van der Waals surface area contributed by atoms with Crippen molar-refractivity contribution in [2.75, 3.05) is 13.6 Å². The number of hydrogen-bond donors (Lipinski definition) is 1. The Morgan fingerprint density at radius 1 is 1.50 bits per heavy atom. The van der Waals surface area contributed by atoms with Crippen molar-refractivity contribution < 1.29 is 9.53 Å². The van der Waals surface area contributed by atoms with Crippen LogP contribution >= 0.6 is 0 Å². The van der Waals surface area contributed by atoms with E-state index in [2.05, 4.69) is 0 Å². The number of rotatable bonds is 3. The van der Waals surface area contributed by atoms with E-state index in [9.17, 15) is 4.79 Å². The smallest absolute Gasteiger partial charge is 0.410 e. The molecule has 2 N–H and O–H groups in total. The summed E-state index contributed by atoms with van der Waals surface area (Å²) in [5.41, 5.74) is 5.16. The van der Waals surface area contributed by atoms with Gasteiger partial charge in [-0.3, -0.25) is 0 Å². The number of nitrogens with two attached hydrogens (primary N) is 1. The minimum atomic E-state index is -0.431. The topological polar surface area (TPSA) is 55.6 Å². The Balaban J connectivity index is 3.88. The van der Waals surface area contributed by atoms with Gasteiger partial charge in [-0.1, -0.05) is 0 Å². The molecular weight excluding hydrogens is 180 g/mol. The molecule has 0 radical (unpaired) electrons. The summed E-state index contributed by atoms with van der Waals surface area (Å²) in [6.07, 6.45) is 0.494. The molecule has 0 bridgehead atoms. The van der Waals surface area contributed by atoms with Crippen molar-refractivity contribution in [2.24, 2.45) is 5.73 Å². The highest BCUT2D eigenvalue weighted by atomic mass is 16.6. The SMILES string of the molecule is CC(N)CCN(C)C(=O)OC(C)(C)C. The number of hydrogen-bond acceptors (Lipinski definition) is 3. The predicted octanol–water partition coefficient (Wildman–Crippen LogP) is 1.59. The number of ether oxygens (including phenoxy) is 1. The van der Waals surface area contributed by atoms with Crippen molar-refractivity contribution in [3.05, 3.63) is 0 Å². The molecule has 0 aromatic rings. The Labute approximate surface area is 86.4 Å². The highest BCUT2D eigenvalue weighted by molar-refractivity contribution is 5.67. The molecule has 14 heavy (non-hydrogen) atoms. The van der Waals surface area contributed by atoms with Crippen LogP contribution in [0, 0.1) is 0 Å². The van der Waals surface area contributed by atoms with E-state index in [0.717, 1.165) is 6.42 Å². The molecule has 0 heterocycles. The van der Waals surface area contributed by atoms with E-state index in [1.807, 2.05) is 27.7 Å². The molecule has 1 amide bonds. The molecule has 1 unspecified atom stereocenters. The molecule has 0 aromatic carbocycles. The second kappa shape index (κ2) is 5.20. The Bertz CT molecular complexity index is 185. The van der Waals surface area contributed by atoms with E-state index in [4.69, 9.17) is 10.5 Å². The summed E-state index contributed by atoms with van der Waals surface area (Å²) in [6, 6.07) is 0.111. The van der Waals surface area contributed by atoms with Crippen molar-refractivity contribution in [1.29, 1.82) is 0 Å². The van der Waals surface area contributed by atoms with Gasteiger partial charge in [0.05, 0.1) is 0 Å². The summed E-state index contributed by atoms with van der Waals surface area (Å²) in [5.74, 6) is 0. The Morgan fingerprint density at radius 2 is 2.00 bits per heavy atom. The number of carbonyl (C=O) groups excluding carboxylic acids is 1. The fraction of sp³-hybridized carbons (Fsp3) is 0.900. The average molecular weight is 202 g/mol. The van der Waals surface area contributed by atoms with Gasteiger partial charge in [-0.2, -0.15) is 0 Å². The van der Waals surface area contributed by atoms with Gasteiger partial charge in [-0.05, 0) is 34.1 Å². The normalized spacial score (nSPS) is 13.6. The lowest BCUT2D eigenvalue weighted by atomic mass is 10.2. The van der Waals surface area contributed by atoms with Crippen LogP contribution in [-0.4, -0.2) is 36.2 Å². The first-order valence-corrected chi connectivity index (χ1v) is 4.92. The van der Waals surface area contributed by atoms with Crippen molar-refractivity contribution in [3.8, 4) is 0 Å². The molecule has 1 atom stereocenters. The number of amides is 1. The summed E-state index contributed by atoms with van der Waals surface area (Å²) >= 11 is 0. The summed E-state index contributed by atoms with van der Waals surface area (Å²) in [4.78, 5) is 13.0. The van der Waals surface area contributed by atoms with Crippen LogP contribution in [0.2, 0.25) is 0 Å². The molecule has 0 aliphatic rings. The first kappa shape index (κ1) is 13.2. The number of carbonyl (C=O) groups is 1. The van der Waals surface area contributed by atoms with E-state index >= 15 is 0 Å². The first-order chi connectivity index (χ1) is 6.22. The molecule has 0 saturated heterocycles. The maximum Gasteiger partial charge on any atom is 0.410 e. The van der Waals surface area contributed by atoms with Crippen molar-refractivity contribution in [2.45, 2.75) is 45.8 Å². The average Bonchev–Trinajstić information content (AvgIpc) is 1.96. The summed E-state index contributed by atoms with van der Waals surface area (Å²) in [6.45, 7) is 8.11. The molecule has 84 valence electrons. The van der Waals surface area contributed by atoms with E-state index < -0.39 is 5.60 Å². The molecule has 0 fully saturated rings. The van der Waals surface area contributed by atoms with Crippen LogP contribution in [0.3, 0.4) is 0 Å². The lowest BCUT2D eigenvalue weighted by Crippen LogP contribution is -2.36. The molecular formula is C10H22N2O2. The summed E-state index contributed by atoms with van der Waals surface area (Å²) < 4.78 is 5.18. The molecule has 0 spiro atoms. The largest absolute Gasteiger partial charge is 0.444 e. The predicted molar refractivity (Wildman–Crippen MR) is 57.1 cm³/mol. The zero-order valence-corrected chi connectivity index (χ0v) is 9.83. The fourth-order valence-corrected chi connectivity index (χ4v) is 0.828. The molecule has 0 aliphatic carbocycles. The molecule has 0 saturated carbocycles. The van der Waals surface area contributed by atoms with E-state index in [-0.39, 0.29) is 12.1 Å². The van der Waals surface area contributed by atoms with Crippen LogP contribution in [-0.2, 0) is 4.74 Å². The van der Waals surface area contributed by atoms with Crippen LogP contribution in [0.1, 0.15) is 34.1 Å². The molecule has 4 nitrogen and oxygen atoms in total. The van der Waals surface area contributed by atoms with Crippen LogP contribution in [0.25, 0.3) is 0 Å². The van der Waals surface area contributed by atoms with Crippen molar-refractivity contribution in [1.82, 2.24) is 4.90 Å². The minimum Gasteiger partial charge on any atom is -0.444 e. The lowest BCUT2D eigenvalue weighted by Gasteiger charge is -2.24. The van der Waals surface area contributed by atoms with Crippen molar-refractivity contribution in [3.63, 3.8) is 0 Å². The zero-order chi connectivity index (χ0) is 11.4. The third kappa shape index (κ3) is 6.71. The second-order valence-electron chi connectivity index (χ2n) is 4.67. The highest BCUT2D eigenvalue weighted by Gasteiger charge is 2.19. The van der Waals surface area contributed by atoms with Gasteiger partial charge in [0.25, 0.3) is 0 Å². The fourth-order valence-electron chi connectivity index (χ4n) is 0.828. The van der Waals surface area contributed by atoms with Crippen LogP contribution in [0.5, 0.6) is 0 Å². The van der Waals surface area contributed by atoms with E-state index in [0.29, 0.717) is 6.54 Å². The maximum absolute atomic E-state index is 11.4. The van der Waals surface area contributed by atoms with Crippen LogP contribution in [0.15, 0.2) is 0 Å². The first-order valence-electron chi connectivity index (χ1n) is 4.92. The zero-order valence-electron chi connectivity index (χ0n) is 9.83. The van der Waals surface area contributed by atoms with Gasteiger partial charge in [0, 0.05) is 19.6 Å². The molecule has 0 aliphatic heterocycles. The maximum atomic E-state index is 11.4. The van der Waals surface area contributed by atoms with Gasteiger partial charge in [0.1, 0.15) is 5.60 Å². The lowest BCUT2D eigenvalue weighted by molar-refractivity contribution is 0.0295. The van der Waals surface area contributed by atoms with Gasteiger partial charge >= 0.3 is 6.09 Å². The third-order valence-corrected chi connectivity index (χ3v) is 1.63.